The van der Waals surface area contributed by atoms with Crippen molar-refractivity contribution in [3.05, 3.63) is 65.7 Å². The standard InChI is InChI=1S/C16H12N4O3S/c21-14(11-4-2-1-3-5-11)10-24-16-17-18-19-20(16)13-8-6-12(7-9-13)15(22)23/h1-9H,10H2,(H,22,23). The van der Waals surface area contributed by atoms with Crippen molar-refractivity contribution in [3.8, 4) is 5.69 Å². The maximum atomic E-state index is 12.1. The van der Waals surface area contributed by atoms with Crippen LogP contribution in [-0.2, 0) is 0 Å². The summed E-state index contributed by atoms with van der Waals surface area (Å²) in [5, 5.41) is 20.8. The van der Waals surface area contributed by atoms with Gasteiger partial charge in [0, 0.05) is 5.56 Å². The van der Waals surface area contributed by atoms with Crippen molar-refractivity contribution in [2.75, 3.05) is 5.75 Å². The third-order valence-corrected chi connectivity index (χ3v) is 4.15. The largest absolute Gasteiger partial charge is 0.478 e. The van der Waals surface area contributed by atoms with Crippen LogP contribution in [0.2, 0.25) is 0 Å². The van der Waals surface area contributed by atoms with Crippen LogP contribution >= 0.6 is 11.8 Å². The first-order valence-corrected chi connectivity index (χ1v) is 7.97. The second-order valence-corrected chi connectivity index (χ2v) is 5.75. The molecule has 0 saturated heterocycles. The van der Waals surface area contributed by atoms with Crippen molar-refractivity contribution in [1.29, 1.82) is 0 Å². The lowest BCUT2D eigenvalue weighted by molar-refractivity contribution is 0.0696. The summed E-state index contributed by atoms with van der Waals surface area (Å²) in [4.78, 5) is 23.0. The molecule has 120 valence electrons. The molecular formula is C16H12N4O3S. The Morgan fingerprint density at radius 1 is 1.00 bits per heavy atom. The number of Topliss-reactive ketones (excluding diaryl/α,β-unsaturated/α-hetero) is 1. The van der Waals surface area contributed by atoms with E-state index in [1.165, 1.54) is 28.6 Å². The summed E-state index contributed by atoms with van der Waals surface area (Å²) in [5.41, 5.74) is 1.44. The van der Waals surface area contributed by atoms with E-state index in [0.29, 0.717) is 16.4 Å². The van der Waals surface area contributed by atoms with Crippen LogP contribution in [0, 0.1) is 0 Å². The number of hydrogen-bond donors (Lipinski definition) is 1. The van der Waals surface area contributed by atoms with Gasteiger partial charge in [-0.25, -0.2) is 4.79 Å². The number of hydrogen-bond acceptors (Lipinski definition) is 6. The molecule has 0 aliphatic carbocycles. The molecule has 3 aromatic rings. The minimum atomic E-state index is -0.999. The van der Waals surface area contributed by atoms with E-state index in [1.807, 2.05) is 18.2 Å². The zero-order valence-electron chi connectivity index (χ0n) is 12.4. The van der Waals surface area contributed by atoms with Crippen LogP contribution < -0.4 is 0 Å². The van der Waals surface area contributed by atoms with Crippen LogP contribution in [0.1, 0.15) is 20.7 Å². The number of carbonyl (C=O) groups is 2. The van der Waals surface area contributed by atoms with Crippen LogP contribution in [-0.4, -0.2) is 42.8 Å². The molecule has 0 unspecified atom stereocenters. The Morgan fingerprint density at radius 2 is 1.71 bits per heavy atom. The zero-order valence-corrected chi connectivity index (χ0v) is 13.2. The summed E-state index contributed by atoms with van der Waals surface area (Å²) in [6.07, 6.45) is 0. The molecule has 0 amide bonds. The SMILES string of the molecule is O=C(O)c1ccc(-n2nnnc2SCC(=O)c2ccccc2)cc1. The molecule has 0 saturated carbocycles. The number of thioether (sulfide) groups is 1. The van der Waals surface area contributed by atoms with Gasteiger partial charge in [0.2, 0.25) is 5.16 Å². The van der Waals surface area contributed by atoms with Crippen LogP contribution in [0.3, 0.4) is 0 Å². The van der Waals surface area contributed by atoms with Crippen molar-refractivity contribution in [2.45, 2.75) is 5.16 Å². The number of tetrazole rings is 1. The zero-order chi connectivity index (χ0) is 16.9. The first kappa shape index (κ1) is 15.9. The molecule has 1 aromatic heterocycles. The molecular weight excluding hydrogens is 328 g/mol. The first-order valence-electron chi connectivity index (χ1n) is 6.98. The van der Waals surface area contributed by atoms with Crippen molar-refractivity contribution in [1.82, 2.24) is 20.2 Å². The number of carboxylic acids is 1. The lowest BCUT2D eigenvalue weighted by Gasteiger charge is -2.04. The summed E-state index contributed by atoms with van der Waals surface area (Å²) in [6, 6.07) is 15.2. The van der Waals surface area contributed by atoms with Gasteiger partial charge in [0.05, 0.1) is 17.0 Å². The lowest BCUT2D eigenvalue weighted by atomic mass is 10.2. The predicted octanol–water partition coefficient (Wildman–Crippen LogP) is 2.34. The topological polar surface area (TPSA) is 98.0 Å². The monoisotopic (exact) mass is 340 g/mol. The van der Waals surface area contributed by atoms with Crippen molar-refractivity contribution < 1.29 is 14.7 Å². The molecule has 0 fully saturated rings. The van der Waals surface area contributed by atoms with E-state index < -0.39 is 5.97 Å². The van der Waals surface area contributed by atoms with Crippen molar-refractivity contribution >= 4 is 23.5 Å². The average Bonchev–Trinajstić information content (AvgIpc) is 3.09. The van der Waals surface area contributed by atoms with Crippen LogP contribution in [0.15, 0.2) is 59.8 Å². The molecule has 24 heavy (non-hydrogen) atoms. The van der Waals surface area contributed by atoms with E-state index >= 15 is 0 Å². The molecule has 8 heteroatoms. The van der Waals surface area contributed by atoms with Gasteiger partial charge in [-0.1, -0.05) is 42.1 Å². The fourth-order valence-electron chi connectivity index (χ4n) is 2.01. The number of nitrogens with zero attached hydrogens (tertiary/aromatic N) is 4. The van der Waals surface area contributed by atoms with Gasteiger partial charge < -0.3 is 5.11 Å². The van der Waals surface area contributed by atoms with Gasteiger partial charge in [-0.15, -0.1) is 5.10 Å². The summed E-state index contributed by atoms with van der Waals surface area (Å²) in [7, 11) is 0. The average molecular weight is 340 g/mol. The molecule has 0 atom stereocenters. The molecule has 0 radical (unpaired) electrons. The van der Waals surface area contributed by atoms with E-state index in [-0.39, 0.29) is 17.1 Å². The molecule has 0 spiro atoms. The Hall–Kier alpha value is -3.00. The Kier molecular flexibility index (Phi) is 4.66. The third-order valence-electron chi connectivity index (χ3n) is 3.23. The second-order valence-electron chi connectivity index (χ2n) is 4.80. The van der Waals surface area contributed by atoms with Gasteiger partial charge in [-0.3, -0.25) is 4.79 Å². The number of carboxylic acid groups (broad SMARTS) is 1. The normalized spacial score (nSPS) is 10.5. The molecule has 3 rings (SSSR count). The number of benzene rings is 2. The Balaban J connectivity index is 1.73. The Morgan fingerprint density at radius 3 is 2.38 bits per heavy atom. The van der Waals surface area contributed by atoms with Crippen LogP contribution in [0.4, 0.5) is 0 Å². The van der Waals surface area contributed by atoms with E-state index in [1.54, 1.807) is 24.3 Å². The van der Waals surface area contributed by atoms with Crippen molar-refractivity contribution in [3.63, 3.8) is 0 Å². The Labute approximate surface area is 141 Å². The molecule has 1 heterocycles. The summed E-state index contributed by atoms with van der Waals surface area (Å²) in [5.74, 6) is -0.810. The second kappa shape index (κ2) is 7.05. The number of aromatic nitrogens is 4. The molecule has 0 aliphatic rings. The molecule has 1 N–H and O–H groups in total. The summed E-state index contributed by atoms with van der Waals surface area (Å²) < 4.78 is 1.47. The fourth-order valence-corrected chi connectivity index (χ4v) is 2.80. The minimum Gasteiger partial charge on any atom is -0.478 e. The van der Waals surface area contributed by atoms with Gasteiger partial charge in [0.1, 0.15) is 0 Å². The van der Waals surface area contributed by atoms with E-state index in [0.717, 1.165) is 0 Å². The van der Waals surface area contributed by atoms with Gasteiger partial charge in [0.25, 0.3) is 0 Å². The number of aromatic carboxylic acids is 1. The Bertz CT molecular complexity index is 863. The maximum absolute atomic E-state index is 12.1. The number of carbonyl (C=O) groups excluding carboxylic acids is 1. The van der Waals surface area contributed by atoms with E-state index in [9.17, 15) is 9.59 Å². The van der Waals surface area contributed by atoms with Gasteiger partial charge in [-0.05, 0) is 34.7 Å². The lowest BCUT2D eigenvalue weighted by Crippen LogP contribution is -2.05. The third kappa shape index (κ3) is 3.49. The van der Waals surface area contributed by atoms with Gasteiger partial charge in [0.15, 0.2) is 5.78 Å². The quantitative estimate of drug-likeness (QED) is 0.543. The minimum absolute atomic E-state index is 0.0172. The van der Waals surface area contributed by atoms with Gasteiger partial charge >= 0.3 is 5.97 Å². The van der Waals surface area contributed by atoms with E-state index in [2.05, 4.69) is 15.5 Å². The predicted molar refractivity (Wildman–Crippen MR) is 87.6 cm³/mol. The highest BCUT2D eigenvalue weighted by Crippen LogP contribution is 2.19. The van der Waals surface area contributed by atoms with Crippen LogP contribution in [0.25, 0.3) is 5.69 Å². The molecule has 0 aliphatic heterocycles. The molecule has 2 aromatic carbocycles. The molecule has 0 bridgehead atoms. The maximum Gasteiger partial charge on any atom is 0.335 e. The molecule has 7 nitrogen and oxygen atoms in total. The number of ketones is 1. The van der Waals surface area contributed by atoms with Crippen molar-refractivity contribution in [2.24, 2.45) is 0 Å². The highest BCUT2D eigenvalue weighted by Gasteiger charge is 2.13. The van der Waals surface area contributed by atoms with Crippen LogP contribution in [0.5, 0.6) is 0 Å². The highest BCUT2D eigenvalue weighted by molar-refractivity contribution is 7.99. The van der Waals surface area contributed by atoms with Gasteiger partial charge in [-0.2, -0.15) is 4.68 Å². The number of rotatable bonds is 6. The smallest absolute Gasteiger partial charge is 0.335 e. The summed E-state index contributed by atoms with van der Waals surface area (Å²) in [6.45, 7) is 0. The van der Waals surface area contributed by atoms with E-state index in [4.69, 9.17) is 5.11 Å². The fraction of sp³-hybridized carbons (Fsp3) is 0.0625. The summed E-state index contributed by atoms with van der Waals surface area (Å²) >= 11 is 1.22. The first-order chi connectivity index (χ1) is 11.6. The highest BCUT2D eigenvalue weighted by atomic mass is 32.2.